The molecule has 0 aliphatic carbocycles. The summed E-state index contributed by atoms with van der Waals surface area (Å²) in [5, 5.41) is 15.5. The van der Waals surface area contributed by atoms with Crippen molar-refractivity contribution in [1.29, 1.82) is 0 Å². The molecule has 0 saturated carbocycles. The van der Waals surface area contributed by atoms with Crippen LogP contribution < -0.4 is 5.32 Å². The predicted octanol–water partition coefficient (Wildman–Crippen LogP) is 3.24. The fourth-order valence-corrected chi connectivity index (χ4v) is 4.51. The number of hydrogen-bond acceptors (Lipinski definition) is 6. The summed E-state index contributed by atoms with van der Waals surface area (Å²) in [7, 11) is 0. The Morgan fingerprint density at radius 3 is 2.86 bits per heavy atom. The highest BCUT2D eigenvalue weighted by Crippen LogP contribution is 2.36. The van der Waals surface area contributed by atoms with Crippen molar-refractivity contribution in [3.05, 3.63) is 42.0 Å². The van der Waals surface area contributed by atoms with Gasteiger partial charge in [0.15, 0.2) is 0 Å². The molecular weight excluding hydrogens is 376 g/mol. The number of aliphatic carboxylic acids is 1. The zero-order valence-corrected chi connectivity index (χ0v) is 16.0. The number of hydrogen-bond donors (Lipinski definition) is 2. The van der Waals surface area contributed by atoms with E-state index >= 15 is 0 Å². The van der Waals surface area contributed by atoms with Crippen LogP contribution in [0.5, 0.6) is 0 Å². The highest BCUT2D eigenvalue weighted by Gasteiger charge is 2.33. The highest BCUT2D eigenvalue weighted by atomic mass is 32.1. The number of thiophene rings is 1. The van der Waals surface area contributed by atoms with Crippen molar-refractivity contribution in [1.82, 2.24) is 14.9 Å². The summed E-state index contributed by atoms with van der Waals surface area (Å²) in [5.41, 5.74) is 2.14. The van der Waals surface area contributed by atoms with E-state index in [-0.39, 0.29) is 12.3 Å². The number of likely N-dealkylation sites (tertiary alicyclic amines) is 1. The molecule has 4 rings (SSSR count). The number of benzene rings is 1. The molecule has 2 N–H and O–H groups in total. The molecule has 1 aromatic carbocycles. The quantitative estimate of drug-likeness (QED) is 0.664. The molecule has 2 aromatic heterocycles. The van der Waals surface area contributed by atoms with Crippen LogP contribution in [0.25, 0.3) is 21.3 Å². The summed E-state index contributed by atoms with van der Waals surface area (Å²) in [6.07, 6.45) is 2.99. The van der Waals surface area contributed by atoms with Crippen molar-refractivity contribution >= 4 is 39.2 Å². The highest BCUT2D eigenvalue weighted by molar-refractivity contribution is 7.17. The first-order valence-corrected chi connectivity index (χ1v) is 10.1. The van der Waals surface area contributed by atoms with Crippen molar-refractivity contribution < 1.29 is 14.7 Å². The van der Waals surface area contributed by atoms with Gasteiger partial charge in [0.25, 0.3) is 0 Å². The standard InChI is InChI=1S/C20H20N4O3S/c25-16(24-10-4-7-15(24)20(26)27)8-9-21-18-17-14(13-5-2-1-3-6-13)11-28-19(17)23-12-22-18/h1-3,5-6,11-12,15H,4,7-10H2,(H,26,27)(H,21,22,23). The van der Waals surface area contributed by atoms with E-state index in [2.05, 4.69) is 20.7 Å². The van der Waals surface area contributed by atoms with Crippen LogP contribution in [0.1, 0.15) is 19.3 Å². The fourth-order valence-electron chi connectivity index (χ4n) is 3.59. The van der Waals surface area contributed by atoms with Crippen molar-refractivity contribution in [2.24, 2.45) is 0 Å². The second-order valence-electron chi connectivity index (χ2n) is 6.68. The number of carbonyl (C=O) groups is 2. The van der Waals surface area contributed by atoms with Gasteiger partial charge in [0.1, 0.15) is 23.0 Å². The maximum Gasteiger partial charge on any atom is 0.326 e. The van der Waals surface area contributed by atoms with Gasteiger partial charge in [0, 0.05) is 30.5 Å². The van der Waals surface area contributed by atoms with Gasteiger partial charge in [-0.25, -0.2) is 14.8 Å². The van der Waals surface area contributed by atoms with Crippen molar-refractivity contribution in [3.63, 3.8) is 0 Å². The Labute approximate surface area is 166 Å². The third-order valence-corrected chi connectivity index (χ3v) is 5.83. The topological polar surface area (TPSA) is 95.4 Å². The van der Waals surface area contributed by atoms with Gasteiger partial charge in [-0.2, -0.15) is 0 Å². The van der Waals surface area contributed by atoms with E-state index in [1.165, 1.54) is 11.2 Å². The first-order chi connectivity index (χ1) is 13.6. The minimum Gasteiger partial charge on any atom is -0.480 e. The van der Waals surface area contributed by atoms with Gasteiger partial charge in [-0.3, -0.25) is 4.79 Å². The summed E-state index contributed by atoms with van der Waals surface area (Å²) in [6, 6.07) is 9.34. The summed E-state index contributed by atoms with van der Waals surface area (Å²) in [6.45, 7) is 0.897. The van der Waals surface area contributed by atoms with Gasteiger partial charge >= 0.3 is 5.97 Å². The van der Waals surface area contributed by atoms with Crippen LogP contribution in [0.15, 0.2) is 42.0 Å². The van der Waals surface area contributed by atoms with E-state index in [0.29, 0.717) is 25.3 Å². The Morgan fingerprint density at radius 2 is 2.07 bits per heavy atom. The average molecular weight is 396 g/mol. The summed E-state index contributed by atoms with van der Waals surface area (Å²) in [4.78, 5) is 34.8. The van der Waals surface area contributed by atoms with Crippen LogP contribution in [0.4, 0.5) is 5.82 Å². The number of amides is 1. The third-order valence-electron chi connectivity index (χ3n) is 4.94. The number of nitrogens with one attached hydrogen (secondary N) is 1. The van der Waals surface area contributed by atoms with Crippen LogP contribution in [0.2, 0.25) is 0 Å². The molecule has 28 heavy (non-hydrogen) atoms. The molecule has 1 aliphatic heterocycles. The maximum absolute atomic E-state index is 12.4. The van der Waals surface area contributed by atoms with Crippen molar-refractivity contribution in [3.8, 4) is 11.1 Å². The Bertz CT molecular complexity index is 1010. The Balaban J connectivity index is 1.49. The maximum atomic E-state index is 12.4. The average Bonchev–Trinajstić information content (AvgIpc) is 3.36. The van der Waals surface area contributed by atoms with E-state index in [0.717, 1.165) is 27.8 Å². The molecule has 144 valence electrons. The molecule has 0 bridgehead atoms. The monoisotopic (exact) mass is 396 g/mol. The number of fused-ring (bicyclic) bond motifs is 1. The van der Waals surface area contributed by atoms with Gasteiger partial charge in [-0.1, -0.05) is 30.3 Å². The normalized spacial score (nSPS) is 16.4. The smallest absolute Gasteiger partial charge is 0.326 e. The molecule has 0 spiro atoms. The molecule has 1 fully saturated rings. The molecule has 3 heterocycles. The first kappa shape index (κ1) is 18.4. The van der Waals surface area contributed by atoms with Crippen LogP contribution in [-0.4, -0.2) is 51.0 Å². The first-order valence-electron chi connectivity index (χ1n) is 9.19. The van der Waals surface area contributed by atoms with Crippen molar-refractivity contribution in [2.45, 2.75) is 25.3 Å². The minimum absolute atomic E-state index is 0.142. The molecule has 1 amide bonds. The van der Waals surface area contributed by atoms with E-state index in [1.807, 2.05) is 30.3 Å². The zero-order chi connectivity index (χ0) is 19.5. The molecule has 0 radical (unpaired) electrons. The number of rotatable bonds is 6. The molecule has 1 saturated heterocycles. The second-order valence-corrected chi connectivity index (χ2v) is 7.54. The summed E-state index contributed by atoms with van der Waals surface area (Å²) >= 11 is 1.56. The second kappa shape index (κ2) is 7.93. The largest absolute Gasteiger partial charge is 0.480 e. The molecule has 7 nitrogen and oxygen atoms in total. The van der Waals surface area contributed by atoms with Gasteiger partial charge in [0.2, 0.25) is 5.91 Å². The summed E-state index contributed by atoms with van der Waals surface area (Å²) < 4.78 is 0. The molecule has 1 unspecified atom stereocenters. The van der Waals surface area contributed by atoms with Gasteiger partial charge in [-0.15, -0.1) is 11.3 Å². The number of carboxylic acid groups (broad SMARTS) is 1. The van der Waals surface area contributed by atoms with E-state index in [9.17, 15) is 14.7 Å². The fraction of sp³-hybridized carbons (Fsp3) is 0.300. The van der Waals surface area contributed by atoms with E-state index in [1.54, 1.807) is 11.3 Å². The number of anilines is 1. The van der Waals surface area contributed by atoms with Gasteiger partial charge in [0.05, 0.1) is 5.39 Å². The van der Waals surface area contributed by atoms with E-state index in [4.69, 9.17) is 0 Å². The van der Waals surface area contributed by atoms with Crippen LogP contribution in [0.3, 0.4) is 0 Å². The SMILES string of the molecule is O=C(O)C1CCCN1C(=O)CCNc1ncnc2scc(-c3ccccc3)c12. The lowest BCUT2D eigenvalue weighted by molar-refractivity contribution is -0.148. The lowest BCUT2D eigenvalue weighted by Crippen LogP contribution is -2.40. The number of aromatic nitrogens is 2. The van der Waals surface area contributed by atoms with Crippen molar-refractivity contribution in [2.75, 3.05) is 18.4 Å². The Morgan fingerprint density at radius 1 is 1.25 bits per heavy atom. The predicted molar refractivity (Wildman–Crippen MR) is 108 cm³/mol. The lowest BCUT2D eigenvalue weighted by atomic mass is 10.1. The molecule has 1 atom stereocenters. The van der Waals surface area contributed by atoms with Gasteiger partial charge in [-0.05, 0) is 18.4 Å². The number of carbonyl (C=O) groups excluding carboxylic acids is 1. The molecular formula is C20H20N4O3S. The Kier molecular flexibility index (Phi) is 5.21. The van der Waals surface area contributed by atoms with E-state index < -0.39 is 12.0 Å². The Hall–Kier alpha value is -3.00. The number of nitrogens with zero attached hydrogens (tertiary/aromatic N) is 3. The minimum atomic E-state index is -0.929. The van der Waals surface area contributed by atoms with Crippen LogP contribution in [-0.2, 0) is 9.59 Å². The summed E-state index contributed by atoms with van der Waals surface area (Å²) in [5.74, 6) is -0.382. The third kappa shape index (κ3) is 3.55. The number of carboxylic acids is 1. The molecule has 3 aromatic rings. The zero-order valence-electron chi connectivity index (χ0n) is 15.2. The van der Waals surface area contributed by atoms with Crippen LogP contribution >= 0.6 is 11.3 Å². The van der Waals surface area contributed by atoms with Crippen LogP contribution in [0, 0.1) is 0 Å². The molecule has 1 aliphatic rings. The van der Waals surface area contributed by atoms with Gasteiger partial charge < -0.3 is 15.3 Å². The molecule has 8 heteroatoms. The lowest BCUT2D eigenvalue weighted by Gasteiger charge is -2.21.